The van der Waals surface area contributed by atoms with Crippen molar-refractivity contribution in [2.24, 2.45) is 0 Å². The van der Waals surface area contributed by atoms with E-state index in [2.05, 4.69) is 10.4 Å². The lowest BCUT2D eigenvalue weighted by atomic mass is 10.2. The number of carbonyl (C=O) groups excluding carboxylic acids is 3. The van der Waals surface area contributed by atoms with E-state index >= 15 is 0 Å². The van der Waals surface area contributed by atoms with Crippen LogP contribution in [-0.4, -0.2) is 57.9 Å². The van der Waals surface area contributed by atoms with Gasteiger partial charge in [0.1, 0.15) is 16.5 Å². The molecule has 3 aromatic rings. The predicted molar refractivity (Wildman–Crippen MR) is 142 cm³/mol. The molecule has 0 aliphatic carbocycles. The lowest BCUT2D eigenvalue weighted by molar-refractivity contribution is -0.120. The van der Waals surface area contributed by atoms with Crippen molar-refractivity contribution in [3.63, 3.8) is 0 Å². The third-order valence-corrected chi connectivity index (χ3v) is 7.09. The van der Waals surface area contributed by atoms with Crippen molar-refractivity contribution in [2.45, 2.75) is 58.7 Å². The van der Waals surface area contributed by atoms with Gasteiger partial charge in [-0.3, -0.25) is 14.4 Å². The van der Waals surface area contributed by atoms with Gasteiger partial charge >= 0.3 is 12.1 Å². The van der Waals surface area contributed by atoms with E-state index in [1.54, 1.807) is 26.8 Å². The lowest BCUT2D eigenvalue weighted by Gasteiger charge is -2.28. The summed E-state index contributed by atoms with van der Waals surface area (Å²) in [6.07, 6.45) is 2.62. The maximum atomic E-state index is 13.3. The second-order valence-corrected chi connectivity index (χ2v) is 11.0. The van der Waals surface area contributed by atoms with Gasteiger partial charge in [0.25, 0.3) is 0 Å². The second-order valence-electron chi connectivity index (χ2n) is 9.98. The van der Waals surface area contributed by atoms with E-state index < -0.39 is 23.7 Å². The number of hydrogen-bond acceptors (Lipinski definition) is 7. The van der Waals surface area contributed by atoms with E-state index in [0.29, 0.717) is 31.6 Å². The standard InChI is InChI=1S/C27H32N4O5S/c1-17-19(16-30(29-17)15-18-10-7-6-8-11-18)22-14-20(23(37-22)25(33)35-5)28-24(32)21-12-9-13-31(21)26(34)36-27(2,3)4/h6-8,10-11,14,16,21H,9,12-13,15H2,1-5H3,(H,28,32). The number of methoxy groups -OCH3 is 1. The van der Waals surface area contributed by atoms with Crippen LogP contribution in [0.5, 0.6) is 0 Å². The van der Waals surface area contributed by atoms with E-state index in [1.165, 1.54) is 23.3 Å². The maximum Gasteiger partial charge on any atom is 0.410 e. The number of nitrogens with zero attached hydrogens (tertiary/aromatic N) is 3. The van der Waals surface area contributed by atoms with E-state index in [9.17, 15) is 14.4 Å². The summed E-state index contributed by atoms with van der Waals surface area (Å²) < 4.78 is 12.3. The maximum absolute atomic E-state index is 13.3. The summed E-state index contributed by atoms with van der Waals surface area (Å²) in [5.74, 6) is -0.911. The molecule has 2 aromatic heterocycles. The summed E-state index contributed by atoms with van der Waals surface area (Å²) in [6, 6.07) is 11.1. The molecule has 1 aliphatic heterocycles. The summed E-state index contributed by atoms with van der Waals surface area (Å²) in [4.78, 5) is 41.0. The van der Waals surface area contributed by atoms with Gasteiger partial charge in [0, 0.05) is 23.2 Å². The van der Waals surface area contributed by atoms with E-state index in [1.807, 2.05) is 48.1 Å². The van der Waals surface area contributed by atoms with Gasteiger partial charge in [0.15, 0.2) is 0 Å². The average Bonchev–Trinajstić information content (AvgIpc) is 3.56. The predicted octanol–water partition coefficient (Wildman–Crippen LogP) is 5.09. The minimum atomic E-state index is -0.681. The SMILES string of the molecule is COC(=O)c1sc(-c2cn(Cc3ccccc3)nc2C)cc1NC(=O)C1CCCN1C(=O)OC(C)(C)C. The molecule has 1 aromatic carbocycles. The highest BCUT2D eigenvalue weighted by molar-refractivity contribution is 7.18. The quantitative estimate of drug-likeness (QED) is 0.451. The Labute approximate surface area is 220 Å². The van der Waals surface area contributed by atoms with E-state index in [0.717, 1.165) is 21.7 Å². The molecule has 0 bridgehead atoms. The zero-order valence-electron chi connectivity index (χ0n) is 21.7. The summed E-state index contributed by atoms with van der Waals surface area (Å²) in [5.41, 5.74) is 2.48. The number of nitrogens with one attached hydrogen (secondary N) is 1. The largest absolute Gasteiger partial charge is 0.465 e. The van der Waals surface area contributed by atoms with E-state index in [4.69, 9.17) is 9.47 Å². The molecular weight excluding hydrogens is 492 g/mol. The van der Waals surface area contributed by atoms with Crippen LogP contribution >= 0.6 is 11.3 Å². The van der Waals surface area contributed by atoms with Crippen molar-refractivity contribution in [1.29, 1.82) is 0 Å². The van der Waals surface area contributed by atoms with Gasteiger partial charge in [-0.2, -0.15) is 5.10 Å². The van der Waals surface area contributed by atoms with Crippen molar-refractivity contribution in [1.82, 2.24) is 14.7 Å². The smallest absolute Gasteiger partial charge is 0.410 e. The minimum absolute atomic E-state index is 0.280. The molecule has 4 rings (SSSR count). The fraction of sp³-hybridized carbons (Fsp3) is 0.407. The zero-order chi connectivity index (χ0) is 26.7. The minimum Gasteiger partial charge on any atom is -0.465 e. The molecule has 9 nitrogen and oxygen atoms in total. The van der Waals surface area contributed by atoms with Crippen LogP contribution in [0.3, 0.4) is 0 Å². The first-order valence-electron chi connectivity index (χ1n) is 12.2. The molecule has 3 heterocycles. The van der Waals surface area contributed by atoms with Crippen molar-refractivity contribution in [2.75, 3.05) is 19.0 Å². The first kappa shape index (κ1) is 26.4. The second kappa shape index (κ2) is 10.8. The molecule has 1 N–H and O–H groups in total. The number of anilines is 1. The lowest BCUT2D eigenvalue weighted by Crippen LogP contribution is -2.45. The van der Waals surface area contributed by atoms with Gasteiger partial charge in [-0.1, -0.05) is 30.3 Å². The van der Waals surface area contributed by atoms with Crippen LogP contribution in [0, 0.1) is 6.92 Å². The fourth-order valence-corrected chi connectivity index (χ4v) is 5.36. The monoisotopic (exact) mass is 524 g/mol. The Morgan fingerprint density at radius 2 is 1.92 bits per heavy atom. The third kappa shape index (κ3) is 6.19. The number of amides is 2. The van der Waals surface area contributed by atoms with Gasteiger partial charge in [-0.05, 0) is 52.2 Å². The Kier molecular flexibility index (Phi) is 7.68. The van der Waals surface area contributed by atoms with Gasteiger partial charge in [0.2, 0.25) is 5.91 Å². The van der Waals surface area contributed by atoms with Crippen LogP contribution in [-0.2, 0) is 20.8 Å². The molecule has 0 saturated carbocycles. The first-order valence-corrected chi connectivity index (χ1v) is 13.0. The average molecular weight is 525 g/mol. The number of hydrogen-bond donors (Lipinski definition) is 1. The molecule has 1 saturated heterocycles. The Morgan fingerprint density at radius 3 is 2.59 bits per heavy atom. The Hall–Kier alpha value is -3.66. The number of esters is 1. The molecule has 1 aliphatic rings. The highest BCUT2D eigenvalue weighted by Crippen LogP contribution is 2.37. The number of aromatic nitrogens is 2. The van der Waals surface area contributed by atoms with Crippen LogP contribution < -0.4 is 5.32 Å². The number of aryl methyl sites for hydroxylation is 1. The van der Waals surface area contributed by atoms with Crippen molar-refractivity contribution in [3.05, 3.63) is 58.7 Å². The molecule has 0 spiro atoms. The molecule has 1 atom stereocenters. The highest BCUT2D eigenvalue weighted by Gasteiger charge is 2.37. The first-order chi connectivity index (χ1) is 17.6. The van der Waals surface area contributed by atoms with Crippen molar-refractivity contribution < 1.29 is 23.9 Å². The van der Waals surface area contributed by atoms with Crippen LogP contribution in [0.1, 0.15) is 54.5 Å². The van der Waals surface area contributed by atoms with Crippen molar-refractivity contribution >= 4 is 35.0 Å². The number of ether oxygens (including phenoxy) is 2. The van der Waals surface area contributed by atoms with Crippen LogP contribution in [0.4, 0.5) is 10.5 Å². The normalized spacial score (nSPS) is 15.5. The highest BCUT2D eigenvalue weighted by atomic mass is 32.1. The summed E-state index contributed by atoms with van der Waals surface area (Å²) in [6.45, 7) is 8.32. The molecular formula is C27H32N4O5S. The topological polar surface area (TPSA) is 103 Å². The molecule has 0 radical (unpaired) electrons. The number of benzene rings is 1. The molecule has 37 heavy (non-hydrogen) atoms. The van der Waals surface area contributed by atoms with Gasteiger partial charge < -0.3 is 14.8 Å². The van der Waals surface area contributed by atoms with Crippen LogP contribution in [0.2, 0.25) is 0 Å². The molecule has 1 fully saturated rings. The number of rotatable bonds is 6. The number of likely N-dealkylation sites (tertiary alicyclic amines) is 1. The van der Waals surface area contributed by atoms with Gasteiger partial charge in [-0.25, -0.2) is 9.59 Å². The Morgan fingerprint density at radius 1 is 1.19 bits per heavy atom. The summed E-state index contributed by atoms with van der Waals surface area (Å²) in [5, 5.41) is 7.50. The summed E-state index contributed by atoms with van der Waals surface area (Å²) >= 11 is 1.23. The molecule has 1 unspecified atom stereocenters. The molecule has 196 valence electrons. The Balaban J connectivity index is 1.57. The summed E-state index contributed by atoms with van der Waals surface area (Å²) in [7, 11) is 1.30. The van der Waals surface area contributed by atoms with Gasteiger partial charge in [-0.15, -0.1) is 11.3 Å². The van der Waals surface area contributed by atoms with Crippen LogP contribution in [0.15, 0.2) is 42.6 Å². The van der Waals surface area contributed by atoms with Crippen molar-refractivity contribution in [3.8, 4) is 10.4 Å². The molecule has 10 heteroatoms. The molecule has 2 amide bonds. The van der Waals surface area contributed by atoms with E-state index in [-0.39, 0.29) is 10.8 Å². The number of carbonyl (C=O) groups is 3. The van der Waals surface area contributed by atoms with Gasteiger partial charge in [0.05, 0.1) is 25.0 Å². The third-order valence-electron chi connectivity index (χ3n) is 5.94. The fourth-order valence-electron chi connectivity index (χ4n) is 4.27. The Bertz CT molecular complexity index is 1290. The zero-order valence-corrected chi connectivity index (χ0v) is 22.6. The number of thiophene rings is 1. The van der Waals surface area contributed by atoms with Crippen LogP contribution in [0.25, 0.3) is 10.4 Å².